The molecular formula is C19H28N4O3. The fourth-order valence-corrected chi connectivity index (χ4v) is 3.12. The fraction of sp³-hybridized carbons (Fsp3) is 0.526. The number of carbonyl (C=O) groups is 3. The third kappa shape index (κ3) is 6.74. The van der Waals surface area contributed by atoms with Gasteiger partial charge in [-0.3, -0.25) is 14.4 Å². The van der Waals surface area contributed by atoms with Crippen LogP contribution in [0.3, 0.4) is 0 Å². The number of benzene rings is 1. The molecule has 7 nitrogen and oxygen atoms in total. The first-order chi connectivity index (χ1) is 12.6. The van der Waals surface area contributed by atoms with Crippen molar-refractivity contribution in [3.05, 3.63) is 29.8 Å². The number of amides is 3. The van der Waals surface area contributed by atoms with E-state index in [0.717, 1.165) is 6.54 Å². The van der Waals surface area contributed by atoms with Crippen LogP contribution < -0.4 is 21.7 Å². The highest BCUT2D eigenvalue weighted by Crippen LogP contribution is 2.22. The largest absolute Gasteiger partial charge is 0.376 e. The number of anilines is 1. The van der Waals surface area contributed by atoms with E-state index in [2.05, 4.69) is 16.0 Å². The first-order valence-corrected chi connectivity index (χ1v) is 9.22. The molecule has 0 aliphatic heterocycles. The highest BCUT2D eigenvalue weighted by Gasteiger charge is 2.15. The Bertz CT molecular complexity index is 627. The lowest BCUT2D eigenvalue weighted by Crippen LogP contribution is -2.35. The minimum Gasteiger partial charge on any atom is -0.376 e. The van der Waals surface area contributed by atoms with Gasteiger partial charge in [-0.25, -0.2) is 0 Å². The molecular weight excluding hydrogens is 332 g/mol. The highest BCUT2D eigenvalue weighted by atomic mass is 16.2. The Morgan fingerprint density at radius 3 is 2.50 bits per heavy atom. The van der Waals surface area contributed by atoms with Gasteiger partial charge in [-0.05, 0) is 30.9 Å². The van der Waals surface area contributed by atoms with E-state index in [4.69, 9.17) is 5.73 Å². The molecule has 0 spiro atoms. The van der Waals surface area contributed by atoms with Gasteiger partial charge in [0.15, 0.2) is 0 Å². The number of carbonyl (C=O) groups excluding carboxylic acids is 3. The second kappa shape index (κ2) is 10.4. The molecule has 2 rings (SSSR count). The quantitative estimate of drug-likeness (QED) is 0.533. The fourth-order valence-electron chi connectivity index (χ4n) is 3.12. The highest BCUT2D eigenvalue weighted by molar-refractivity contribution is 6.00. The van der Waals surface area contributed by atoms with Gasteiger partial charge in [0, 0.05) is 25.2 Å². The van der Waals surface area contributed by atoms with Gasteiger partial charge >= 0.3 is 0 Å². The molecule has 1 saturated carbocycles. The van der Waals surface area contributed by atoms with Crippen LogP contribution in [0.1, 0.15) is 48.9 Å². The summed E-state index contributed by atoms with van der Waals surface area (Å²) in [5.74, 6) is -0.279. The minimum absolute atomic E-state index is 0.0838. The molecule has 3 amide bonds. The molecule has 0 unspecified atom stereocenters. The van der Waals surface area contributed by atoms with Crippen LogP contribution in [0.25, 0.3) is 0 Å². The van der Waals surface area contributed by atoms with E-state index in [-0.39, 0.29) is 31.3 Å². The molecule has 1 aromatic rings. The van der Waals surface area contributed by atoms with Crippen molar-refractivity contribution in [1.29, 1.82) is 0 Å². The summed E-state index contributed by atoms with van der Waals surface area (Å²) < 4.78 is 0. The van der Waals surface area contributed by atoms with Crippen molar-refractivity contribution in [3.63, 3.8) is 0 Å². The molecule has 7 heteroatoms. The first-order valence-electron chi connectivity index (χ1n) is 9.22. The van der Waals surface area contributed by atoms with Crippen molar-refractivity contribution in [1.82, 2.24) is 10.6 Å². The van der Waals surface area contributed by atoms with Gasteiger partial charge in [0.1, 0.15) is 0 Å². The van der Waals surface area contributed by atoms with Crippen molar-refractivity contribution in [2.24, 2.45) is 11.7 Å². The monoisotopic (exact) mass is 360 g/mol. The predicted molar refractivity (Wildman–Crippen MR) is 101 cm³/mol. The normalized spacial score (nSPS) is 14.5. The summed E-state index contributed by atoms with van der Waals surface area (Å²) >= 11 is 0. The average Bonchev–Trinajstić information content (AvgIpc) is 2.65. The molecule has 0 bridgehead atoms. The van der Waals surface area contributed by atoms with E-state index < -0.39 is 5.91 Å². The van der Waals surface area contributed by atoms with Gasteiger partial charge in [0.2, 0.25) is 11.8 Å². The van der Waals surface area contributed by atoms with Gasteiger partial charge in [0.25, 0.3) is 5.91 Å². The zero-order valence-corrected chi connectivity index (χ0v) is 15.1. The average molecular weight is 360 g/mol. The van der Waals surface area contributed by atoms with Crippen LogP contribution in [0.2, 0.25) is 0 Å². The maximum Gasteiger partial charge on any atom is 0.253 e. The molecule has 1 fully saturated rings. The summed E-state index contributed by atoms with van der Waals surface area (Å²) in [6.45, 7) is 1.01. The lowest BCUT2D eigenvalue weighted by atomic mass is 9.89. The maximum absolute atomic E-state index is 12.2. The van der Waals surface area contributed by atoms with Crippen molar-refractivity contribution in [3.8, 4) is 0 Å². The van der Waals surface area contributed by atoms with E-state index in [1.54, 1.807) is 24.3 Å². The van der Waals surface area contributed by atoms with Crippen molar-refractivity contribution in [2.45, 2.75) is 38.5 Å². The van der Waals surface area contributed by atoms with Crippen LogP contribution in [0, 0.1) is 5.92 Å². The Labute approximate surface area is 154 Å². The van der Waals surface area contributed by atoms with Crippen LogP contribution >= 0.6 is 0 Å². The smallest absolute Gasteiger partial charge is 0.253 e. The number of rotatable bonds is 9. The van der Waals surface area contributed by atoms with Crippen LogP contribution in [-0.4, -0.2) is 37.4 Å². The second-order valence-corrected chi connectivity index (χ2v) is 6.68. The van der Waals surface area contributed by atoms with Crippen LogP contribution in [0.4, 0.5) is 5.69 Å². The third-order valence-electron chi connectivity index (χ3n) is 4.58. The predicted octanol–water partition coefficient (Wildman–Crippen LogP) is 1.40. The minimum atomic E-state index is -0.466. The van der Waals surface area contributed by atoms with Gasteiger partial charge in [-0.15, -0.1) is 0 Å². The molecule has 1 aromatic carbocycles. The lowest BCUT2D eigenvalue weighted by Gasteiger charge is -2.21. The second-order valence-electron chi connectivity index (χ2n) is 6.68. The number of hydrogen-bond acceptors (Lipinski definition) is 4. The van der Waals surface area contributed by atoms with Crippen molar-refractivity contribution >= 4 is 23.4 Å². The van der Waals surface area contributed by atoms with Gasteiger partial charge in [-0.2, -0.15) is 0 Å². The third-order valence-corrected chi connectivity index (χ3v) is 4.58. The summed E-state index contributed by atoms with van der Waals surface area (Å²) in [5.41, 5.74) is 6.07. The molecule has 0 saturated heterocycles. The Morgan fingerprint density at radius 1 is 1.04 bits per heavy atom. The number of hydrogen-bond donors (Lipinski definition) is 4. The molecule has 0 heterocycles. The molecule has 0 radical (unpaired) electrons. The number of para-hydroxylation sites is 1. The van der Waals surface area contributed by atoms with E-state index >= 15 is 0 Å². The van der Waals surface area contributed by atoms with E-state index in [0.29, 0.717) is 17.2 Å². The Hall–Kier alpha value is -2.57. The van der Waals surface area contributed by atoms with Gasteiger partial charge in [0.05, 0.1) is 12.1 Å². The summed E-state index contributed by atoms with van der Waals surface area (Å²) in [6.07, 6.45) is 6.24. The Kier molecular flexibility index (Phi) is 7.92. The zero-order chi connectivity index (χ0) is 18.8. The number of nitrogens with two attached hydrogens (primary N) is 1. The van der Waals surface area contributed by atoms with Gasteiger partial charge < -0.3 is 21.7 Å². The molecule has 0 aromatic heterocycles. The number of primary amides is 1. The van der Waals surface area contributed by atoms with Crippen LogP contribution in [0.15, 0.2) is 24.3 Å². The van der Waals surface area contributed by atoms with Crippen LogP contribution in [0.5, 0.6) is 0 Å². The summed E-state index contributed by atoms with van der Waals surface area (Å²) in [6, 6.07) is 6.96. The van der Waals surface area contributed by atoms with Gasteiger partial charge in [-0.1, -0.05) is 31.4 Å². The van der Waals surface area contributed by atoms with Crippen molar-refractivity contribution < 1.29 is 14.4 Å². The molecule has 26 heavy (non-hydrogen) atoms. The van der Waals surface area contributed by atoms with Crippen LogP contribution in [-0.2, 0) is 9.59 Å². The number of nitrogens with one attached hydrogen (secondary N) is 3. The SMILES string of the molecule is NC(=O)CCNC(=O)c1ccccc1NCC(=O)NCC1CCCCC1. The van der Waals surface area contributed by atoms with Crippen molar-refractivity contribution in [2.75, 3.05) is 25.0 Å². The summed E-state index contributed by atoms with van der Waals surface area (Å²) in [4.78, 5) is 35.0. The molecule has 1 aliphatic rings. The van der Waals surface area contributed by atoms with E-state index in [9.17, 15) is 14.4 Å². The Balaban J connectivity index is 1.80. The Morgan fingerprint density at radius 2 is 1.77 bits per heavy atom. The summed E-state index contributed by atoms with van der Waals surface area (Å²) in [5, 5.41) is 8.63. The molecule has 1 aliphatic carbocycles. The summed E-state index contributed by atoms with van der Waals surface area (Å²) in [7, 11) is 0. The molecule has 5 N–H and O–H groups in total. The van der Waals surface area contributed by atoms with E-state index in [1.165, 1.54) is 32.1 Å². The standard InChI is InChI=1S/C19H28N4O3/c20-17(24)10-11-21-19(26)15-8-4-5-9-16(15)22-13-18(25)23-12-14-6-2-1-3-7-14/h4-5,8-9,14,22H,1-3,6-7,10-13H2,(H2,20,24)(H,21,26)(H,23,25). The molecule has 142 valence electrons. The lowest BCUT2D eigenvalue weighted by molar-refractivity contribution is -0.120. The van der Waals surface area contributed by atoms with E-state index in [1.807, 2.05) is 0 Å². The zero-order valence-electron chi connectivity index (χ0n) is 15.1. The molecule has 0 atom stereocenters. The maximum atomic E-state index is 12.2. The topological polar surface area (TPSA) is 113 Å². The first kappa shape index (κ1) is 19.8.